The molecule has 2 aromatic rings. The van der Waals surface area contributed by atoms with Gasteiger partial charge in [-0.1, -0.05) is 24.3 Å². The van der Waals surface area contributed by atoms with Crippen molar-refractivity contribution in [3.8, 4) is 5.75 Å². The molecule has 0 saturated carbocycles. The summed E-state index contributed by atoms with van der Waals surface area (Å²) < 4.78 is 25.1. The minimum absolute atomic E-state index is 0. The van der Waals surface area contributed by atoms with Gasteiger partial charge in [0, 0.05) is 51.4 Å². The number of benzene rings is 2. The highest BCUT2D eigenvalue weighted by Crippen LogP contribution is 2.35. The molecule has 0 bridgehead atoms. The minimum atomic E-state index is -0.196. The van der Waals surface area contributed by atoms with Crippen LogP contribution in [0, 0.1) is 5.82 Å². The number of ether oxygens (including phenoxy) is 2. The van der Waals surface area contributed by atoms with E-state index in [0.29, 0.717) is 19.8 Å². The van der Waals surface area contributed by atoms with Crippen molar-refractivity contribution in [3.05, 3.63) is 59.9 Å². The second-order valence-electron chi connectivity index (χ2n) is 8.58. The first-order valence-electron chi connectivity index (χ1n) is 11.3. The molecule has 0 aliphatic carbocycles. The standard InChI is InChI=1S/C25H33FN4O2.HI/c1-27-24(29-21-10-13-30(17-21)22-8-3-4-9-23(22)31-2)28-18-25(11-14-32-15-12-25)19-6-5-7-20(26)16-19;/h3-9,16,21H,10-15,17-18H2,1-2H3,(H2,27,28,29);1H. The average molecular weight is 568 g/mol. The quantitative estimate of drug-likeness (QED) is 0.314. The number of hydrogen-bond donors (Lipinski definition) is 2. The van der Waals surface area contributed by atoms with Gasteiger partial charge in [-0.25, -0.2) is 4.39 Å². The Morgan fingerprint density at radius 3 is 2.73 bits per heavy atom. The SMILES string of the molecule is CN=C(NCC1(c2cccc(F)c2)CCOCC1)NC1CCN(c2ccccc2OC)C1.I. The maximum Gasteiger partial charge on any atom is 0.191 e. The number of hydrogen-bond acceptors (Lipinski definition) is 4. The summed E-state index contributed by atoms with van der Waals surface area (Å²) in [6.45, 7) is 3.88. The van der Waals surface area contributed by atoms with Crippen LogP contribution < -0.4 is 20.3 Å². The molecule has 33 heavy (non-hydrogen) atoms. The zero-order chi connectivity index (χ0) is 22.4. The van der Waals surface area contributed by atoms with E-state index in [1.807, 2.05) is 24.3 Å². The molecule has 2 heterocycles. The van der Waals surface area contributed by atoms with Crippen molar-refractivity contribution in [2.24, 2.45) is 4.99 Å². The number of aliphatic imine (C=N–C) groups is 1. The number of nitrogens with one attached hydrogen (secondary N) is 2. The zero-order valence-electron chi connectivity index (χ0n) is 19.4. The Bertz CT molecular complexity index is 936. The fourth-order valence-corrected chi connectivity index (χ4v) is 4.78. The van der Waals surface area contributed by atoms with E-state index < -0.39 is 0 Å². The first-order valence-corrected chi connectivity index (χ1v) is 11.3. The lowest BCUT2D eigenvalue weighted by atomic mass is 9.74. The van der Waals surface area contributed by atoms with Gasteiger partial charge >= 0.3 is 0 Å². The molecule has 180 valence electrons. The third-order valence-electron chi connectivity index (χ3n) is 6.66. The van der Waals surface area contributed by atoms with Gasteiger partial charge in [-0.3, -0.25) is 4.99 Å². The summed E-state index contributed by atoms with van der Waals surface area (Å²) in [7, 11) is 3.50. The van der Waals surface area contributed by atoms with E-state index in [0.717, 1.165) is 55.3 Å². The van der Waals surface area contributed by atoms with Gasteiger partial charge in [-0.05, 0) is 49.1 Å². The topological polar surface area (TPSA) is 58.1 Å². The van der Waals surface area contributed by atoms with Crippen LogP contribution >= 0.6 is 24.0 Å². The third-order valence-corrected chi connectivity index (χ3v) is 6.66. The molecule has 4 rings (SSSR count). The fourth-order valence-electron chi connectivity index (χ4n) is 4.78. The smallest absolute Gasteiger partial charge is 0.191 e. The van der Waals surface area contributed by atoms with Crippen molar-refractivity contribution in [2.75, 3.05) is 51.9 Å². The van der Waals surface area contributed by atoms with Gasteiger partial charge in [0.05, 0.1) is 12.8 Å². The van der Waals surface area contributed by atoms with Crippen LogP contribution in [0.3, 0.4) is 0 Å². The largest absolute Gasteiger partial charge is 0.495 e. The number of rotatable bonds is 6. The molecule has 2 aliphatic heterocycles. The van der Waals surface area contributed by atoms with Crippen molar-refractivity contribution in [2.45, 2.75) is 30.7 Å². The number of anilines is 1. The van der Waals surface area contributed by atoms with Crippen molar-refractivity contribution >= 4 is 35.6 Å². The molecule has 2 aromatic carbocycles. The summed E-state index contributed by atoms with van der Waals surface area (Å²) in [6, 6.07) is 15.4. The van der Waals surface area contributed by atoms with Crippen LogP contribution in [0.15, 0.2) is 53.5 Å². The Kier molecular flexibility index (Phi) is 9.19. The molecule has 2 fully saturated rings. The van der Waals surface area contributed by atoms with Crippen LogP contribution in [0.1, 0.15) is 24.8 Å². The normalized spacial score (nSPS) is 20.2. The minimum Gasteiger partial charge on any atom is -0.495 e. The highest BCUT2D eigenvalue weighted by Gasteiger charge is 2.35. The lowest BCUT2D eigenvalue weighted by molar-refractivity contribution is 0.0512. The van der Waals surface area contributed by atoms with E-state index >= 15 is 0 Å². The van der Waals surface area contributed by atoms with Crippen molar-refractivity contribution in [3.63, 3.8) is 0 Å². The Morgan fingerprint density at radius 1 is 1.21 bits per heavy atom. The maximum atomic E-state index is 14.0. The number of guanidine groups is 1. The fraction of sp³-hybridized carbons (Fsp3) is 0.480. The average Bonchev–Trinajstić information content (AvgIpc) is 3.30. The van der Waals surface area contributed by atoms with E-state index in [1.54, 1.807) is 26.3 Å². The van der Waals surface area contributed by atoms with Gasteiger partial charge in [0.2, 0.25) is 0 Å². The zero-order valence-corrected chi connectivity index (χ0v) is 21.7. The molecule has 2 saturated heterocycles. The summed E-state index contributed by atoms with van der Waals surface area (Å²) in [5.41, 5.74) is 1.97. The third kappa shape index (κ3) is 6.09. The Morgan fingerprint density at radius 2 is 2.00 bits per heavy atom. The number of para-hydroxylation sites is 2. The first-order chi connectivity index (χ1) is 15.6. The van der Waals surface area contributed by atoms with E-state index in [-0.39, 0.29) is 41.3 Å². The summed E-state index contributed by atoms with van der Waals surface area (Å²) in [6.07, 6.45) is 2.72. The van der Waals surface area contributed by atoms with Crippen LogP contribution in [-0.2, 0) is 10.2 Å². The second-order valence-corrected chi connectivity index (χ2v) is 8.58. The van der Waals surface area contributed by atoms with Gasteiger partial charge in [0.1, 0.15) is 11.6 Å². The molecule has 1 unspecified atom stereocenters. The first kappa shape index (κ1) is 25.6. The van der Waals surface area contributed by atoms with E-state index in [1.165, 1.54) is 6.07 Å². The molecule has 2 N–H and O–H groups in total. The Balaban J connectivity index is 0.00000306. The van der Waals surface area contributed by atoms with Gasteiger partial charge in [0.25, 0.3) is 0 Å². The molecule has 2 aliphatic rings. The summed E-state index contributed by atoms with van der Waals surface area (Å²) in [5.74, 6) is 1.48. The van der Waals surface area contributed by atoms with Gasteiger partial charge in [-0.2, -0.15) is 0 Å². The van der Waals surface area contributed by atoms with Crippen LogP contribution in [0.4, 0.5) is 10.1 Å². The number of methoxy groups -OCH3 is 1. The van der Waals surface area contributed by atoms with E-state index in [2.05, 4.69) is 26.6 Å². The van der Waals surface area contributed by atoms with Gasteiger partial charge in [-0.15, -0.1) is 24.0 Å². The molecule has 0 spiro atoms. The van der Waals surface area contributed by atoms with E-state index in [4.69, 9.17) is 9.47 Å². The lowest BCUT2D eigenvalue weighted by Gasteiger charge is -2.38. The van der Waals surface area contributed by atoms with Crippen molar-refractivity contribution in [1.29, 1.82) is 0 Å². The molecule has 0 amide bonds. The second kappa shape index (κ2) is 11.9. The predicted octanol–water partition coefficient (Wildman–Crippen LogP) is 3.94. The monoisotopic (exact) mass is 568 g/mol. The molecule has 8 heteroatoms. The van der Waals surface area contributed by atoms with E-state index in [9.17, 15) is 4.39 Å². The summed E-state index contributed by atoms with van der Waals surface area (Å²) in [4.78, 5) is 6.80. The molecule has 0 aromatic heterocycles. The molecule has 0 radical (unpaired) electrons. The summed E-state index contributed by atoms with van der Waals surface area (Å²) in [5, 5.41) is 7.09. The van der Waals surface area contributed by atoms with Crippen molar-refractivity contribution < 1.29 is 13.9 Å². The van der Waals surface area contributed by atoms with Crippen LogP contribution in [0.5, 0.6) is 5.75 Å². The summed E-state index contributed by atoms with van der Waals surface area (Å²) >= 11 is 0. The molecular weight excluding hydrogens is 534 g/mol. The number of nitrogens with zero attached hydrogens (tertiary/aromatic N) is 2. The van der Waals surface area contributed by atoms with Crippen molar-refractivity contribution in [1.82, 2.24) is 10.6 Å². The molecule has 6 nitrogen and oxygen atoms in total. The van der Waals surface area contributed by atoms with Gasteiger partial charge < -0.3 is 25.0 Å². The molecular formula is C25H34FIN4O2. The molecule has 1 atom stereocenters. The highest BCUT2D eigenvalue weighted by molar-refractivity contribution is 14.0. The maximum absolute atomic E-state index is 14.0. The predicted molar refractivity (Wildman–Crippen MR) is 142 cm³/mol. The van der Waals surface area contributed by atoms with Gasteiger partial charge in [0.15, 0.2) is 5.96 Å². The highest BCUT2D eigenvalue weighted by atomic mass is 127. The van der Waals surface area contributed by atoms with Crippen LogP contribution in [0.2, 0.25) is 0 Å². The Hall–Kier alpha value is -2.07. The van der Waals surface area contributed by atoms with Crippen LogP contribution in [-0.4, -0.2) is 59.0 Å². The number of halogens is 2. The lowest BCUT2D eigenvalue weighted by Crippen LogP contribution is -2.50. The Labute approximate surface area is 213 Å². The van der Waals surface area contributed by atoms with Crippen LogP contribution in [0.25, 0.3) is 0 Å².